The molecule has 0 unspecified atom stereocenters. The molecule has 1 aromatic heterocycles. The Labute approximate surface area is 203 Å². The van der Waals surface area contributed by atoms with Crippen LogP contribution in [-0.2, 0) is 11.4 Å². The number of carbonyl (C=O) groups excluding carboxylic acids is 2. The van der Waals surface area contributed by atoms with Crippen molar-refractivity contribution in [3.8, 4) is 11.5 Å². The minimum absolute atomic E-state index is 0.0498. The fourth-order valence-electron chi connectivity index (χ4n) is 3.68. The average molecular weight is 478 g/mol. The Hall–Kier alpha value is -3.65. The van der Waals surface area contributed by atoms with E-state index in [0.717, 1.165) is 22.0 Å². The quantitative estimate of drug-likeness (QED) is 0.481. The molecule has 3 aromatic rings. The van der Waals surface area contributed by atoms with Gasteiger partial charge in [0.05, 0.1) is 17.8 Å². The van der Waals surface area contributed by atoms with Gasteiger partial charge in [-0.1, -0.05) is 18.2 Å². The summed E-state index contributed by atoms with van der Waals surface area (Å²) in [5.41, 5.74) is 2.38. The molecule has 1 aliphatic heterocycles. The molecule has 0 bridgehead atoms. The number of methoxy groups -OCH3 is 1. The van der Waals surface area contributed by atoms with Crippen molar-refractivity contribution in [1.29, 1.82) is 0 Å². The van der Waals surface area contributed by atoms with Crippen molar-refractivity contribution in [2.45, 2.75) is 13.5 Å². The van der Waals surface area contributed by atoms with E-state index in [-0.39, 0.29) is 11.8 Å². The molecule has 0 radical (unpaired) electrons. The van der Waals surface area contributed by atoms with Crippen LogP contribution in [0.3, 0.4) is 0 Å². The Kier molecular flexibility index (Phi) is 7.59. The van der Waals surface area contributed by atoms with Gasteiger partial charge in [0, 0.05) is 43.2 Å². The number of amides is 2. The van der Waals surface area contributed by atoms with Crippen molar-refractivity contribution in [3.05, 3.63) is 81.8 Å². The monoisotopic (exact) mass is 477 g/mol. The molecule has 1 aliphatic rings. The second-order valence-electron chi connectivity index (χ2n) is 7.90. The fraction of sp³-hybridized carbons (Fsp3) is 0.269. The number of nitrogens with zero attached hydrogens (tertiary/aromatic N) is 3. The Morgan fingerprint density at radius 2 is 1.76 bits per heavy atom. The fourth-order valence-corrected chi connectivity index (χ4v) is 4.28. The SMILES string of the molecule is COc1cccc(C(=O)N2CCN(C(=O)/C=C/c3cccc(OCc4csc(C)n4)c3)CC2)c1. The van der Waals surface area contributed by atoms with Gasteiger partial charge in [0.2, 0.25) is 5.91 Å². The molecule has 0 saturated carbocycles. The van der Waals surface area contributed by atoms with Gasteiger partial charge >= 0.3 is 0 Å². The Morgan fingerprint density at radius 1 is 1.03 bits per heavy atom. The van der Waals surface area contributed by atoms with Crippen molar-refractivity contribution in [2.75, 3.05) is 33.3 Å². The largest absolute Gasteiger partial charge is 0.497 e. The van der Waals surface area contributed by atoms with Crippen LogP contribution >= 0.6 is 11.3 Å². The molecule has 0 atom stereocenters. The molecular formula is C26H27N3O4S. The van der Waals surface area contributed by atoms with Crippen LogP contribution in [0.25, 0.3) is 6.08 Å². The molecule has 0 spiro atoms. The zero-order valence-corrected chi connectivity index (χ0v) is 20.1. The van der Waals surface area contributed by atoms with Gasteiger partial charge in [0.15, 0.2) is 0 Å². The summed E-state index contributed by atoms with van der Waals surface area (Å²) in [6.45, 7) is 4.36. The zero-order valence-electron chi connectivity index (χ0n) is 19.3. The van der Waals surface area contributed by atoms with E-state index in [1.165, 1.54) is 0 Å². The van der Waals surface area contributed by atoms with Crippen molar-refractivity contribution < 1.29 is 19.1 Å². The molecule has 7 nitrogen and oxygen atoms in total. The van der Waals surface area contributed by atoms with Crippen LogP contribution in [0.15, 0.2) is 60.0 Å². The van der Waals surface area contributed by atoms with Crippen LogP contribution < -0.4 is 9.47 Å². The molecule has 1 saturated heterocycles. The van der Waals surface area contributed by atoms with Crippen LogP contribution in [0.2, 0.25) is 0 Å². The number of thiazole rings is 1. The van der Waals surface area contributed by atoms with E-state index in [1.54, 1.807) is 58.6 Å². The Balaban J connectivity index is 1.29. The van der Waals surface area contributed by atoms with Crippen molar-refractivity contribution in [1.82, 2.24) is 14.8 Å². The van der Waals surface area contributed by atoms with Gasteiger partial charge in [-0.3, -0.25) is 9.59 Å². The number of rotatable bonds is 7. The highest BCUT2D eigenvalue weighted by Crippen LogP contribution is 2.18. The highest BCUT2D eigenvalue weighted by Gasteiger charge is 2.24. The minimum Gasteiger partial charge on any atom is -0.497 e. The van der Waals surface area contributed by atoms with Crippen LogP contribution in [0.5, 0.6) is 11.5 Å². The summed E-state index contributed by atoms with van der Waals surface area (Å²) in [5, 5.41) is 3.00. The number of aryl methyl sites for hydroxylation is 1. The molecule has 2 heterocycles. The zero-order chi connectivity index (χ0) is 23.9. The Morgan fingerprint density at radius 3 is 2.50 bits per heavy atom. The number of hydrogen-bond donors (Lipinski definition) is 0. The second kappa shape index (κ2) is 11.0. The summed E-state index contributed by atoms with van der Waals surface area (Å²) in [6, 6.07) is 14.7. The summed E-state index contributed by atoms with van der Waals surface area (Å²) in [4.78, 5) is 33.4. The predicted octanol–water partition coefficient (Wildman–Crippen LogP) is 4.04. The number of aromatic nitrogens is 1. The van der Waals surface area contributed by atoms with Gasteiger partial charge in [-0.15, -0.1) is 11.3 Å². The molecule has 176 valence electrons. The maximum absolute atomic E-state index is 12.8. The standard InChI is InChI=1S/C26H27N3O4S/c1-19-27-22(18-34-19)17-33-24-8-3-5-20(15-24)9-10-25(30)28-11-13-29(14-12-28)26(31)21-6-4-7-23(16-21)32-2/h3-10,15-16,18H,11-14,17H2,1-2H3/b10-9+. The molecule has 2 aromatic carbocycles. The van der Waals surface area contributed by atoms with E-state index >= 15 is 0 Å². The van der Waals surface area contributed by atoms with Crippen molar-refractivity contribution >= 4 is 29.2 Å². The van der Waals surface area contributed by atoms with Crippen LogP contribution in [0.1, 0.15) is 26.6 Å². The van der Waals surface area contributed by atoms with Crippen molar-refractivity contribution in [3.63, 3.8) is 0 Å². The van der Waals surface area contributed by atoms with Gasteiger partial charge < -0.3 is 19.3 Å². The van der Waals surface area contributed by atoms with Gasteiger partial charge in [-0.05, 0) is 48.9 Å². The van der Waals surface area contributed by atoms with Gasteiger partial charge in [-0.25, -0.2) is 4.98 Å². The summed E-state index contributed by atoms with van der Waals surface area (Å²) in [7, 11) is 1.58. The number of carbonyl (C=O) groups is 2. The summed E-state index contributed by atoms with van der Waals surface area (Å²) in [6.07, 6.45) is 3.36. The van der Waals surface area contributed by atoms with Gasteiger partial charge in [0.1, 0.15) is 18.1 Å². The first-order chi connectivity index (χ1) is 16.5. The van der Waals surface area contributed by atoms with E-state index in [2.05, 4.69) is 4.98 Å². The maximum Gasteiger partial charge on any atom is 0.254 e. The highest BCUT2D eigenvalue weighted by atomic mass is 32.1. The van der Waals surface area contributed by atoms with Crippen LogP contribution in [0.4, 0.5) is 0 Å². The lowest BCUT2D eigenvalue weighted by molar-refractivity contribution is -0.127. The third kappa shape index (κ3) is 6.02. The predicted molar refractivity (Wildman–Crippen MR) is 132 cm³/mol. The third-order valence-electron chi connectivity index (χ3n) is 5.52. The van der Waals surface area contributed by atoms with E-state index in [4.69, 9.17) is 9.47 Å². The van der Waals surface area contributed by atoms with Gasteiger partial charge in [0.25, 0.3) is 5.91 Å². The first-order valence-corrected chi connectivity index (χ1v) is 11.9. The summed E-state index contributed by atoms with van der Waals surface area (Å²) < 4.78 is 11.0. The lowest BCUT2D eigenvalue weighted by Gasteiger charge is -2.34. The van der Waals surface area contributed by atoms with E-state index in [9.17, 15) is 9.59 Å². The first-order valence-electron chi connectivity index (χ1n) is 11.1. The van der Waals surface area contributed by atoms with Gasteiger partial charge in [-0.2, -0.15) is 0 Å². The van der Waals surface area contributed by atoms with Crippen LogP contribution in [0, 0.1) is 6.92 Å². The highest BCUT2D eigenvalue weighted by molar-refractivity contribution is 7.09. The molecule has 1 fully saturated rings. The lowest BCUT2D eigenvalue weighted by Crippen LogP contribution is -2.50. The number of hydrogen-bond acceptors (Lipinski definition) is 6. The third-order valence-corrected chi connectivity index (χ3v) is 6.35. The summed E-state index contributed by atoms with van der Waals surface area (Å²) >= 11 is 1.60. The number of ether oxygens (including phenoxy) is 2. The molecule has 2 amide bonds. The topological polar surface area (TPSA) is 72.0 Å². The van der Waals surface area contributed by atoms with Crippen LogP contribution in [-0.4, -0.2) is 59.9 Å². The molecule has 4 rings (SSSR count). The van der Waals surface area contributed by atoms with E-state index in [1.807, 2.05) is 42.6 Å². The molecule has 0 N–H and O–H groups in total. The number of piperazine rings is 1. The molecule has 8 heteroatoms. The first kappa shape index (κ1) is 23.5. The minimum atomic E-state index is -0.0715. The molecule has 34 heavy (non-hydrogen) atoms. The lowest BCUT2D eigenvalue weighted by atomic mass is 10.1. The van der Waals surface area contributed by atoms with Crippen molar-refractivity contribution in [2.24, 2.45) is 0 Å². The second-order valence-corrected chi connectivity index (χ2v) is 8.96. The summed E-state index contributed by atoms with van der Waals surface area (Å²) in [5.74, 6) is 1.26. The van der Waals surface area contributed by atoms with E-state index in [0.29, 0.717) is 44.1 Å². The number of benzene rings is 2. The van der Waals surface area contributed by atoms with E-state index < -0.39 is 0 Å². The molecular weight excluding hydrogens is 450 g/mol. The Bertz CT molecular complexity index is 1180. The smallest absolute Gasteiger partial charge is 0.254 e. The normalized spacial score (nSPS) is 13.8. The average Bonchev–Trinajstić information content (AvgIpc) is 3.31. The maximum atomic E-state index is 12.8. The molecule has 0 aliphatic carbocycles.